The van der Waals surface area contributed by atoms with Crippen molar-refractivity contribution in [2.24, 2.45) is 5.92 Å². The van der Waals surface area contributed by atoms with Gasteiger partial charge in [0.25, 0.3) is 11.2 Å². The molecule has 142 valence electrons. The van der Waals surface area contributed by atoms with Crippen molar-refractivity contribution < 1.29 is 9.66 Å². The highest BCUT2D eigenvalue weighted by Crippen LogP contribution is 2.29. The molecule has 8 heteroatoms. The van der Waals surface area contributed by atoms with Crippen molar-refractivity contribution in [1.82, 2.24) is 9.97 Å². The van der Waals surface area contributed by atoms with Gasteiger partial charge in [-0.05, 0) is 37.0 Å². The summed E-state index contributed by atoms with van der Waals surface area (Å²) < 4.78 is 5.60. The highest BCUT2D eigenvalue weighted by molar-refractivity contribution is 7.18. The Morgan fingerprint density at radius 2 is 2.04 bits per heavy atom. The summed E-state index contributed by atoms with van der Waals surface area (Å²) in [7, 11) is 0. The van der Waals surface area contributed by atoms with Crippen LogP contribution in [-0.4, -0.2) is 14.9 Å². The number of thiophene rings is 1. The third kappa shape index (κ3) is 4.16. The van der Waals surface area contributed by atoms with E-state index in [9.17, 15) is 14.9 Å². The monoisotopic (exact) mass is 387 g/mol. The van der Waals surface area contributed by atoms with E-state index in [1.165, 1.54) is 35.6 Å². The number of benzene rings is 1. The number of hydrogen-bond acceptors (Lipinski definition) is 6. The largest absolute Gasteiger partial charge is 0.486 e. The first-order valence-corrected chi connectivity index (χ1v) is 9.59. The van der Waals surface area contributed by atoms with Crippen LogP contribution >= 0.6 is 11.3 Å². The molecule has 0 amide bonds. The number of nitro benzene ring substituents is 1. The van der Waals surface area contributed by atoms with Gasteiger partial charge in [0.05, 0.1) is 10.3 Å². The second-order valence-electron chi connectivity index (χ2n) is 6.59. The maximum atomic E-state index is 12.6. The van der Waals surface area contributed by atoms with Crippen molar-refractivity contribution in [2.75, 3.05) is 0 Å². The van der Waals surface area contributed by atoms with Gasteiger partial charge in [-0.3, -0.25) is 14.9 Å². The van der Waals surface area contributed by atoms with Crippen molar-refractivity contribution in [3.05, 3.63) is 61.0 Å². The summed E-state index contributed by atoms with van der Waals surface area (Å²) in [6.45, 7) is 6.43. The van der Waals surface area contributed by atoms with Gasteiger partial charge in [-0.2, -0.15) is 0 Å². The molecule has 1 atom stereocenters. The molecule has 27 heavy (non-hydrogen) atoms. The summed E-state index contributed by atoms with van der Waals surface area (Å²) in [4.78, 5) is 32.0. The fourth-order valence-corrected chi connectivity index (χ4v) is 3.91. The quantitative estimate of drug-likeness (QED) is 0.479. The minimum absolute atomic E-state index is 0.00167. The molecular formula is C19H21N3O4S. The van der Waals surface area contributed by atoms with Crippen LogP contribution in [0.25, 0.3) is 10.2 Å². The number of H-pyrrole nitrogens is 1. The average molecular weight is 387 g/mol. The number of nitro groups is 1. The number of hydrogen-bond donors (Lipinski definition) is 1. The number of aromatic amines is 1. The normalized spacial score (nSPS) is 12.3. The van der Waals surface area contributed by atoms with Gasteiger partial charge in [-0.15, -0.1) is 11.3 Å². The van der Waals surface area contributed by atoms with Crippen LogP contribution in [0.5, 0.6) is 5.75 Å². The van der Waals surface area contributed by atoms with E-state index in [1.807, 2.05) is 6.92 Å². The molecule has 0 unspecified atom stereocenters. The molecule has 0 saturated carbocycles. The Balaban J connectivity index is 1.82. The minimum atomic E-state index is -0.465. The van der Waals surface area contributed by atoms with Crippen molar-refractivity contribution in [3.63, 3.8) is 0 Å². The maximum absolute atomic E-state index is 12.6. The van der Waals surface area contributed by atoms with Crippen molar-refractivity contribution in [1.29, 1.82) is 0 Å². The lowest BCUT2D eigenvalue weighted by Gasteiger charge is -2.08. The highest BCUT2D eigenvalue weighted by Gasteiger charge is 2.17. The van der Waals surface area contributed by atoms with Crippen molar-refractivity contribution >= 4 is 27.2 Å². The Morgan fingerprint density at radius 1 is 1.33 bits per heavy atom. The number of nitrogens with zero attached hydrogens (tertiary/aromatic N) is 2. The molecule has 1 aromatic carbocycles. The van der Waals surface area contributed by atoms with Gasteiger partial charge in [-0.1, -0.05) is 20.3 Å². The second-order valence-corrected chi connectivity index (χ2v) is 7.79. The molecule has 2 heterocycles. The van der Waals surface area contributed by atoms with Gasteiger partial charge in [0.15, 0.2) is 0 Å². The molecule has 0 aliphatic heterocycles. The Kier molecular flexibility index (Phi) is 5.55. The van der Waals surface area contributed by atoms with Gasteiger partial charge in [0.1, 0.15) is 23.0 Å². The number of non-ortho nitro benzene ring substituents is 1. The first-order chi connectivity index (χ1) is 12.9. The molecule has 0 aliphatic rings. The molecule has 0 fully saturated rings. The van der Waals surface area contributed by atoms with Crippen LogP contribution in [0.2, 0.25) is 0 Å². The molecular weight excluding hydrogens is 366 g/mol. The maximum Gasteiger partial charge on any atom is 0.269 e. The van der Waals surface area contributed by atoms with Crippen LogP contribution < -0.4 is 10.3 Å². The number of ether oxygens (including phenoxy) is 1. The predicted octanol–water partition coefficient (Wildman–Crippen LogP) is 4.37. The molecule has 3 aromatic rings. The van der Waals surface area contributed by atoms with Gasteiger partial charge in [0.2, 0.25) is 0 Å². The molecule has 0 radical (unpaired) electrons. The van der Waals surface area contributed by atoms with E-state index in [-0.39, 0.29) is 17.9 Å². The van der Waals surface area contributed by atoms with Crippen LogP contribution in [-0.2, 0) is 13.0 Å². The number of fused-ring (bicyclic) bond motifs is 1. The average Bonchev–Trinajstić information content (AvgIpc) is 2.95. The van der Waals surface area contributed by atoms with E-state index in [0.29, 0.717) is 22.9 Å². The molecule has 3 rings (SSSR count). The van der Waals surface area contributed by atoms with Crippen LogP contribution in [0.3, 0.4) is 0 Å². The fourth-order valence-electron chi connectivity index (χ4n) is 2.84. The lowest BCUT2D eigenvalue weighted by Crippen LogP contribution is -2.14. The molecule has 1 N–H and O–H groups in total. The number of aromatic nitrogens is 2. The Bertz CT molecular complexity index is 1020. The summed E-state index contributed by atoms with van der Waals surface area (Å²) in [5.74, 6) is 1.41. The molecule has 2 aromatic heterocycles. The number of rotatable bonds is 7. The van der Waals surface area contributed by atoms with Gasteiger partial charge >= 0.3 is 0 Å². The summed E-state index contributed by atoms with van der Waals surface area (Å²) in [6, 6.07) is 5.79. The van der Waals surface area contributed by atoms with Gasteiger partial charge in [0, 0.05) is 17.0 Å². The van der Waals surface area contributed by atoms with Crippen LogP contribution in [0.1, 0.15) is 36.5 Å². The number of aryl methyl sites for hydroxylation is 1. The molecule has 0 aliphatic carbocycles. The van der Waals surface area contributed by atoms with Gasteiger partial charge in [-0.25, -0.2) is 4.98 Å². The zero-order valence-electron chi connectivity index (χ0n) is 15.4. The van der Waals surface area contributed by atoms with E-state index in [1.54, 1.807) is 0 Å². The molecule has 0 bridgehead atoms. The number of nitrogens with one attached hydrogen (secondary N) is 1. The van der Waals surface area contributed by atoms with Crippen LogP contribution in [0.4, 0.5) is 5.69 Å². The highest BCUT2D eigenvalue weighted by atomic mass is 32.1. The standard InChI is InChI=1S/C19H21N3O4S/c1-4-11(2)9-15-12(3)27-19-17(15)18(23)20-16(21-19)10-26-14-7-5-13(6-8-14)22(24)25/h5-8,11H,4,9-10H2,1-3H3,(H,20,21,23)/t11-/m1/s1. The Hall–Kier alpha value is -2.74. The minimum Gasteiger partial charge on any atom is -0.486 e. The third-order valence-electron chi connectivity index (χ3n) is 4.58. The summed E-state index contributed by atoms with van der Waals surface area (Å²) >= 11 is 1.52. The van der Waals surface area contributed by atoms with E-state index in [0.717, 1.165) is 28.1 Å². The zero-order chi connectivity index (χ0) is 19.6. The fraction of sp³-hybridized carbons (Fsp3) is 0.368. The van der Waals surface area contributed by atoms with Gasteiger partial charge < -0.3 is 9.72 Å². The second kappa shape index (κ2) is 7.87. The summed E-state index contributed by atoms with van der Waals surface area (Å²) in [6.07, 6.45) is 1.93. The van der Waals surface area contributed by atoms with E-state index in [2.05, 4.69) is 23.8 Å². The topological polar surface area (TPSA) is 98.1 Å². The van der Waals surface area contributed by atoms with E-state index < -0.39 is 4.92 Å². The SMILES string of the molecule is CC[C@@H](C)Cc1c(C)sc2nc(COc3ccc([N+](=O)[O-])cc3)[nH]c(=O)c12. The Labute approximate surface area is 160 Å². The first kappa shape index (κ1) is 19.0. The molecule has 0 saturated heterocycles. The van der Waals surface area contributed by atoms with Crippen LogP contribution in [0.15, 0.2) is 29.1 Å². The zero-order valence-corrected chi connectivity index (χ0v) is 16.3. The lowest BCUT2D eigenvalue weighted by atomic mass is 9.98. The predicted molar refractivity (Wildman–Crippen MR) is 106 cm³/mol. The van der Waals surface area contributed by atoms with E-state index >= 15 is 0 Å². The van der Waals surface area contributed by atoms with Crippen LogP contribution in [0, 0.1) is 23.0 Å². The Morgan fingerprint density at radius 3 is 2.67 bits per heavy atom. The lowest BCUT2D eigenvalue weighted by molar-refractivity contribution is -0.384. The van der Waals surface area contributed by atoms with Crippen molar-refractivity contribution in [2.45, 2.75) is 40.2 Å². The summed E-state index contributed by atoms with van der Waals surface area (Å²) in [5, 5.41) is 11.4. The molecule has 7 nitrogen and oxygen atoms in total. The first-order valence-electron chi connectivity index (χ1n) is 8.77. The summed E-state index contributed by atoms with van der Waals surface area (Å²) in [5.41, 5.74) is 0.934. The molecule has 0 spiro atoms. The third-order valence-corrected chi connectivity index (χ3v) is 5.63. The van der Waals surface area contributed by atoms with E-state index in [4.69, 9.17) is 4.74 Å². The van der Waals surface area contributed by atoms with Crippen molar-refractivity contribution in [3.8, 4) is 5.75 Å². The smallest absolute Gasteiger partial charge is 0.269 e.